The molecule has 1 amide bonds. The van der Waals surface area contributed by atoms with Crippen LogP contribution in [-0.4, -0.2) is 35.6 Å². The fraction of sp³-hybridized carbons (Fsp3) is 0.417. The summed E-state index contributed by atoms with van der Waals surface area (Å²) < 4.78 is 14.0. The maximum absolute atomic E-state index is 13.7. The lowest BCUT2D eigenvalue weighted by molar-refractivity contribution is 0.0749. The Balaban J connectivity index is 2.90. The summed E-state index contributed by atoms with van der Waals surface area (Å²) in [6.45, 7) is 2.76. The van der Waals surface area contributed by atoms with Crippen LogP contribution in [0.4, 0.5) is 4.39 Å². The minimum Gasteiger partial charge on any atom is -0.396 e. The van der Waals surface area contributed by atoms with Crippen molar-refractivity contribution in [1.29, 1.82) is 0 Å². The van der Waals surface area contributed by atoms with Crippen molar-refractivity contribution >= 4 is 21.8 Å². The molecule has 0 fully saturated rings. The fourth-order valence-electron chi connectivity index (χ4n) is 1.50. The Labute approximate surface area is 108 Å². The highest BCUT2D eigenvalue weighted by Gasteiger charge is 2.18. The first-order valence-corrected chi connectivity index (χ1v) is 6.25. The zero-order chi connectivity index (χ0) is 12.8. The molecule has 0 aliphatic heterocycles. The predicted molar refractivity (Wildman–Crippen MR) is 67.4 cm³/mol. The molecule has 0 spiro atoms. The molecule has 0 atom stereocenters. The summed E-state index contributed by atoms with van der Waals surface area (Å²) in [6, 6.07) is 4.64. The van der Waals surface area contributed by atoms with Gasteiger partial charge in [0.25, 0.3) is 5.91 Å². The van der Waals surface area contributed by atoms with Gasteiger partial charge in [0.1, 0.15) is 5.82 Å². The topological polar surface area (TPSA) is 40.5 Å². The lowest BCUT2D eigenvalue weighted by Gasteiger charge is -2.20. The van der Waals surface area contributed by atoms with E-state index in [0.717, 1.165) is 0 Å². The molecular formula is C12H15BrFNO2. The van der Waals surface area contributed by atoms with Crippen LogP contribution in [-0.2, 0) is 0 Å². The number of rotatable bonds is 5. The summed E-state index contributed by atoms with van der Waals surface area (Å²) in [7, 11) is 0. The Bertz CT molecular complexity index is 398. The van der Waals surface area contributed by atoms with Crippen molar-refractivity contribution in [3.8, 4) is 0 Å². The molecule has 1 N–H and O–H groups in total. The second-order valence-corrected chi connectivity index (χ2v) is 4.42. The Kier molecular flexibility index (Phi) is 5.58. The average molecular weight is 304 g/mol. The second-order valence-electron chi connectivity index (χ2n) is 3.56. The van der Waals surface area contributed by atoms with E-state index in [1.807, 2.05) is 6.92 Å². The van der Waals surface area contributed by atoms with Gasteiger partial charge in [-0.25, -0.2) is 4.39 Å². The highest BCUT2D eigenvalue weighted by molar-refractivity contribution is 9.10. The summed E-state index contributed by atoms with van der Waals surface area (Å²) in [4.78, 5) is 13.6. The molecule has 94 valence electrons. The van der Waals surface area contributed by atoms with Crippen LogP contribution in [0.1, 0.15) is 23.7 Å². The van der Waals surface area contributed by atoms with E-state index in [1.54, 1.807) is 12.1 Å². The van der Waals surface area contributed by atoms with Crippen molar-refractivity contribution < 1.29 is 14.3 Å². The van der Waals surface area contributed by atoms with Crippen molar-refractivity contribution in [2.75, 3.05) is 19.7 Å². The third-order valence-electron chi connectivity index (χ3n) is 2.44. The largest absolute Gasteiger partial charge is 0.396 e. The molecule has 5 heteroatoms. The van der Waals surface area contributed by atoms with Gasteiger partial charge in [-0.1, -0.05) is 6.07 Å². The zero-order valence-electron chi connectivity index (χ0n) is 9.62. The van der Waals surface area contributed by atoms with Gasteiger partial charge < -0.3 is 10.0 Å². The Morgan fingerprint density at radius 1 is 1.53 bits per heavy atom. The summed E-state index contributed by atoms with van der Waals surface area (Å²) in [5.74, 6) is -0.889. The third-order valence-corrected chi connectivity index (χ3v) is 3.05. The number of nitrogens with zero attached hydrogens (tertiary/aromatic N) is 1. The molecule has 0 saturated heterocycles. The summed E-state index contributed by atoms with van der Waals surface area (Å²) >= 11 is 3.05. The smallest absolute Gasteiger partial charge is 0.256 e. The maximum atomic E-state index is 13.7. The van der Waals surface area contributed by atoms with Crippen molar-refractivity contribution in [2.24, 2.45) is 0 Å². The minimum atomic E-state index is -0.542. The van der Waals surface area contributed by atoms with Crippen LogP contribution >= 0.6 is 15.9 Å². The van der Waals surface area contributed by atoms with Gasteiger partial charge in [-0.05, 0) is 41.4 Å². The zero-order valence-corrected chi connectivity index (χ0v) is 11.2. The molecule has 3 nitrogen and oxygen atoms in total. The Morgan fingerprint density at radius 3 is 2.82 bits per heavy atom. The van der Waals surface area contributed by atoms with Crippen LogP contribution in [0.2, 0.25) is 0 Å². The number of hydrogen-bond donors (Lipinski definition) is 1. The molecule has 1 rings (SSSR count). The molecule has 1 aromatic rings. The normalized spacial score (nSPS) is 10.4. The van der Waals surface area contributed by atoms with E-state index < -0.39 is 5.82 Å². The minimum absolute atomic E-state index is 0.0186. The molecule has 0 saturated carbocycles. The standard InChI is InChI=1S/C12H15BrFNO2/c1-2-15(7-4-8-16)12(17)9-5-3-6-10(13)11(9)14/h3,5-6,16H,2,4,7-8H2,1H3. The van der Waals surface area contributed by atoms with E-state index >= 15 is 0 Å². The van der Waals surface area contributed by atoms with Gasteiger partial charge in [-0.15, -0.1) is 0 Å². The first-order valence-electron chi connectivity index (χ1n) is 5.46. The number of hydrogen-bond acceptors (Lipinski definition) is 2. The first kappa shape index (κ1) is 14.1. The second kappa shape index (κ2) is 6.71. The predicted octanol–water partition coefficient (Wildman–Crippen LogP) is 2.43. The molecule has 0 aromatic heterocycles. The number of carbonyl (C=O) groups is 1. The lowest BCUT2D eigenvalue weighted by Crippen LogP contribution is -2.32. The van der Waals surface area contributed by atoms with E-state index in [0.29, 0.717) is 19.5 Å². The van der Waals surface area contributed by atoms with Gasteiger partial charge >= 0.3 is 0 Å². The molecule has 0 heterocycles. The monoisotopic (exact) mass is 303 g/mol. The number of halogens is 2. The summed E-state index contributed by atoms with van der Waals surface area (Å²) in [6.07, 6.45) is 0.495. The van der Waals surface area contributed by atoms with Crippen molar-refractivity contribution in [2.45, 2.75) is 13.3 Å². The molecule has 0 aliphatic carbocycles. The van der Waals surface area contributed by atoms with E-state index in [9.17, 15) is 9.18 Å². The number of amides is 1. The van der Waals surface area contributed by atoms with Crippen LogP contribution in [0.5, 0.6) is 0 Å². The number of aliphatic hydroxyl groups is 1. The van der Waals surface area contributed by atoms with E-state index in [1.165, 1.54) is 11.0 Å². The highest BCUT2D eigenvalue weighted by Crippen LogP contribution is 2.19. The average Bonchev–Trinajstić information content (AvgIpc) is 2.33. The van der Waals surface area contributed by atoms with Gasteiger partial charge in [0.15, 0.2) is 0 Å². The quantitative estimate of drug-likeness (QED) is 0.907. The van der Waals surface area contributed by atoms with Crippen molar-refractivity contribution in [1.82, 2.24) is 4.90 Å². The summed E-state index contributed by atoms with van der Waals surface area (Å²) in [5, 5.41) is 8.74. The molecule has 0 aliphatic rings. The molecule has 0 radical (unpaired) electrons. The molecule has 17 heavy (non-hydrogen) atoms. The third kappa shape index (κ3) is 3.51. The van der Waals surface area contributed by atoms with Crippen LogP contribution in [0, 0.1) is 5.82 Å². The van der Waals surface area contributed by atoms with E-state index in [4.69, 9.17) is 5.11 Å². The number of aliphatic hydroxyl groups excluding tert-OH is 1. The van der Waals surface area contributed by atoms with E-state index in [-0.39, 0.29) is 22.6 Å². The SMILES string of the molecule is CCN(CCCO)C(=O)c1cccc(Br)c1F. The fourth-order valence-corrected chi connectivity index (χ4v) is 1.87. The van der Waals surface area contributed by atoms with Gasteiger partial charge in [-0.2, -0.15) is 0 Å². The van der Waals surface area contributed by atoms with Crippen LogP contribution in [0.15, 0.2) is 22.7 Å². The number of benzene rings is 1. The highest BCUT2D eigenvalue weighted by atomic mass is 79.9. The Hall–Kier alpha value is -0.940. The summed E-state index contributed by atoms with van der Waals surface area (Å²) in [5.41, 5.74) is 0.0548. The van der Waals surface area contributed by atoms with Crippen molar-refractivity contribution in [3.05, 3.63) is 34.1 Å². The van der Waals surface area contributed by atoms with Crippen LogP contribution < -0.4 is 0 Å². The van der Waals surface area contributed by atoms with E-state index in [2.05, 4.69) is 15.9 Å². The molecule has 0 bridgehead atoms. The lowest BCUT2D eigenvalue weighted by atomic mass is 10.2. The Morgan fingerprint density at radius 2 is 2.24 bits per heavy atom. The van der Waals surface area contributed by atoms with Gasteiger partial charge in [0.05, 0.1) is 10.0 Å². The van der Waals surface area contributed by atoms with Gasteiger partial charge in [-0.3, -0.25) is 4.79 Å². The van der Waals surface area contributed by atoms with Crippen LogP contribution in [0.3, 0.4) is 0 Å². The van der Waals surface area contributed by atoms with Gasteiger partial charge in [0.2, 0.25) is 0 Å². The first-order chi connectivity index (χ1) is 8.11. The maximum Gasteiger partial charge on any atom is 0.256 e. The molecule has 0 unspecified atom stereocenters. The molecular weight excluding hydrogens is 289 g/mol. The van der Waals surface area contributed by atoms with Crippen molar-refractivity contribution in [3.63, 3.8) is 0 Å². The number of carbonyl (C=O) groups excluding carboxylic acids is 1. The molecule has 1 aromatic carbocycles. The van der Waals surface area contributed by atoms with Crippen LogP contribution in [0.25, 0.3) is 0 Å². The van der Waals surface area contributed by atoms with Gasteiger partial charge in [0, 0.05) is 19.7 Å².